The molecule has 0 atom stereocenters. The zero-order valence-corrected chi connectivity index (χ0v) is 16.8. The minimum Gasteiger partial charge on any atom is -0.489 e. The van der Waals surface area contributed by atoms with Crippen LogP contribution in [0.25, 0.3) is 11.1 Å². The lowest BCUT2D eigenvalue weighted by atomic mass is 10.0. The highest BCUT2D eigenvalue weighted by atomic mass is 32.2. The number of halogens is 3. The van der Waals surface area contributed by atoms with Gasteiger partial charge in [0.1, 0.15) is 12.4 Å². The van der Waals surface area contributed by atoms with Crippen molar-refractivity contribution in [3.8, 4) is 16.9 Å². The van der Waals surface area contributed by atoms with Crippen molar-refractivity contribution >= 4 is 15.7 Å². The van der Waals surface area contributed by atoms with Gasteiger partial charge >= 0.3 is 6.18 Å². The predicted octanol–water partition coefficient (Wildman–Crippen LogP) is 5.27. The topological polar surface area (TPSA) is 46.6 Å². The van der Waals surface area contributed by atoms with Gasteiger partial charge in [-0.25, -0.2) is 8.42 Å². The third-order valence-corrected chi connectivity index (χ3v) is 6.72. The van der Waals surface area contributed by atoms with Crippen LogP contribution in [0.5, 0.6) is 5.75 Å². The van der Waals surface area contributed by atoms with Crippen molar-refractivity contribution in [2.75, 3.05) is 17.5 Å². The van der Waals surface area contributed by atoms with Gasteiger partial charge in [0.2, 0.25) is 0 Å². The summed E-state index contributed by atoms with van der Waals surface area (Å²) in [5.41, 5.74) is 2.06. The average Bonchev–Trinajstić information content (AvgIpc) is 2.73. The van der Waals surface area contributed by atoms with Crippen LogP contribution < -0.4 is 9.04 Å². The summed E-state index contributed by atoms with van der Waals surface area (Å²) in [5, 5.41) is 0. The Morgan fingerprint density at radius 1 is 0.933 bits per heavy atom. The predicted molar refractivity (Wildman–Crippen MR) is 108 cm³/mol. The SMILES string of the molecule is Cc1ccc(-c2ccc3c(c2)N(S(=O)(=O)c2cccc(C(F)(F)F)c2)CCO3)cc1. The second-order valence-electron chi connectivity index (χ2n) is 7.00. The minimum atomic E-state index is -4.63. The number of aryl methyl sites for hydroxylation is 1. The van der Waals surface area contributed by atoms with E-state index in [1.165, 1.54) is 6.07 Å². The van der Waals surface area contributed by atoms with Gasteiger partial charge in [-0.05, 0) is 48.4 Å². The van der Waals surface area contributed by atoms with E-state index in [9.17, 15) is 21.6 Å². The highest BCUT2D eigenvalue weighted by Gasteiger charge is 2.34. The Labute approximate surface area is 172 Å². The average molecular weight is 433 g/mol. The molecule has 3 aromatic carbocycles. The Hall–Kier alpha value is -3.00. The third-order valence-electron chi connectivity index (χ3n) is 4.91. The largest absolute Gasteiger partial charge is 0.489 e. The molecule has 8 heteroatoms. The summed E-state index contributed by atoms with van der Waals surface area (Å²) in [6, 6.07) is 16.7. The van der Waals surface area contributed by atoms with Gasteiger partial charge in [0.15, 0.2) is 0 Å². The van der Waals surface area contributed by atoms with Gasteiger partial charge in [-0.1, -0.05) is 42.0 Å². The Bertz CT molecular complexity index is 1190. The van der Waals surface area contributed by atoms with Gasteiger partial charge in [0.05, 0.1) is 22.7 Å². The maximum atomic E-state index is 13.2. The highest BCUT2D eigenvalue weighted by molar-refractivity contribution is 7.92. The summed E-state index contributed by atoms with van der Waals surface area (Å²) in [6.07, 6.45) is -4.63. The molecule has 0 N–H and O–H groups in total. The summed E-state index contributed by atoms with van der Waals surface area (Å²) in [6.45, 7) is 2.08. The summed E-state index contributed by atoms with van der Waals surface area (Å²) >= 11 is 0. The van der Waals surface area contributed by atoms with Gasteiger partial charge in [0, 0.05) is 0 Å². The molecule has 1 aliphatic rings. The normalized spacial score (nSPS) is 14.2. The fraction of sp³-hybridized carbons (Fsp3) is 0.182. The number of fused-ring (bicyclic) bond motifs is 1. The van der Waals surface area contributed by atoms with Crippen LogP contribution in [0.15, 0.2) is 71.6 Å². The molecule has 4 rings (SSSR count). The molecule has 0 bridgehead atoms. The number of nitrogens with zero attached hydrogens (tertiary/aromatic N) is 1. The van der Waals surface area contributed by atoms with Crippen LogP contribution in [0.2, 0.25) is 0 Å². The number of hydrogen-bond donors (Lipinski definition) is 0. The number of anilines is 1. The van der Waals surface area contributed by atoms with Crippen LogP contribution >= 0.6 is 0 Å². The lowest BCUT2D eigenvalue weighted by Crippen LogP contribution is -2.38. The number of sulfonamides is 1. The molecule has 0 saturated carbocycles. The summed E-state index contributed by atoms with van der Waals surface area (Å²) in [7, 11) is -4.21. The van der Waals surface area contributed by atoms with Gasteiger partial charge in [-0.15, -0.1) is 0 Å². The fourth-order valence-corrected chi connectivity index (χ4v) is 4.83. The van der Waals surface area contributed by atoms with Crippen molar-refractivity contribution in [2.45, 2.75) is 18.0 Å². The van der Waals surface area contributed by atoms with Crippen LogP contribution in [0.3, 0.4) is 0 Å². The van der Waals surface area contributed by atoms with E-state index in [0.29, 0.717) is 17.5 Å². The molecule has 0 fully saturated rings. The van der Waals surface area contributed by atoms with Crippen molar-refractivity contribution in [3.05, 3.63) is 77.9 Å². The van der Waals surface area contributed by atoms with Gasteiger partial charge in [-0.3, -0.25) is 4.31 Å². The Morgan fingerprint density at radius 2 is 1.63 bits per heavy atom. The molecule has 1 heterocycles. The Balaban J connectivity index is 1.78. The molecule has 156 valence electrons. The first kappa shape index (κ1) is 20.3. The molecule has 0 amide bonds. The first-order valence-electron chi connectivity index (χ1n) is 9.20. The van der Waals surface area contributed by atoms with Crippen LogP contribution in [0, 0.1) is 6.92 Å². The monoisotopic (exact) mass is 433 g/mol. The molecule has 0 aromatic heterocycles. The van der Waals surface area contributed by atoms with Gasteiger partial charge < -0.3 is 4.74 Å². The fourth-order valence-electron chi connectivity index (χ4n) is 3.33. The van der Waals surface area contributed by atoms with E-state index < -0.39 is 26.7 Å². The van der Waals surface area contributed by atoms with E-state index >= 15 is 0 Å². The van der Waals surface area contributed by atoms with Crippen molar-refractivity contribution < 1.29 is 26.3 Å². The Kier molecular flexibility index (Phi) is 4.97. The molecule has 0 saturated heterocycles. The van der Waals surface area contributed by atoms with E-state index in [0.717, 1.165) is 33.1 Å². The van der Waals surface area contributed by atoms with Gasteiger partial charge in [0.25, 0.3) is 10.0 Å². The van der Waals surface area contributed by atoms with Crippen LogP contribution in [-0.2, 0) is 16.2 Å². The van der Waals surface area contributed by atoms with E-state index in [2.05, 4.69) is 0 Å². The van der Waals surface area contributed by atoms with Crippen LogP contribution in [0.1, 0.15) is 11.1 Å². The van der Waals surface area contributed by atoms with Crippen molar-refractivity contribution in [1.82, 2.24) is 0 Å². The summed E-state index contributed by atoms with van der Waals surface area (Å²) in [5.74, 6) is 0.368. The van der Waals surface area contributed by atoms with E-state index in [4.69, 9.17) is 4.74 Å². The second kappa shape index (κ2) is 7.36. The zero-order chi connectivity index (χ0) is 21.5. The molecule has 3 aromatic rings. The molecule has 0 unspecified atom stereocenters. The van der Waals surface area contributed by atoms with E-state index in [-0.39, 0.29) is 13.2 Å². The molecule has 0 spiro atoms. The van der Waals surface area contributed by atoms with Crippen molar-refractivity contribution in [2.24, 2.45) is 0 Å². The molecule has 0 radical (unpaired) electrons. The molecule has 0 aliphatic carbocycles. The van der Waals surface area contributed by atoms with Gasteiger partial charge in [-0.2, -0.15) is 13.2 Å². The lowest BCUT2D eigenvalue weighted by molar-refractivity contribution is -0.137. The maximum absolute atomic E-state index is 13.2. The molecule has 1 aliphatic heterocycles. The first-order chi connectivity index (χ1) is 14.2. The zero-order valence-electron chi connectivity index (χ0n) is 16.0. The first-order valence-corrected chi connectivity index (χ1v) is 10.6. The molecular weight excluding hydrogens is 415 g/mol. The molecule has 4 nitrogen and oxygen atoms in total. The van der Waals surface area contributed by atoms with Crippen molar-refractivity contribution in [3.63, 3.8) is 0 Å². The van der Waals surface area contributed by atoms with Crippen LogP contribution in [-0.4, -0.2) is 21.6 Å². The summed E-state index contributed by atoms with van der Waals surface area (Å²) < 4.78 is 72.4. The number of ether oxygens (including phenoxy) is 1. The second-order valence-corrected chi connectivity index (χ2v) is 8.86. The molecule has 30 heavy (non-hydrogen) atoms. The highest BCUT2D eigenvalue weighted by Crippen LogP contribution is 2.39. The number of alkyl halides is 3. The standard InChI is InChI=1S/C22H18F3NO3S/c1-15-5-7-16(8-6-15)17-9-10-21-20(13-17)26(11-12-29-21)30(27,28)19-4-2-3-18(14-19)22(23,24)25/h2-10,13-14H,11-12H2,1H3. The number of rotatable bonds is 3. The van der Waals surface area contributed by atoms with E-state index in [1.807, 2.05) is 37.3 Å². The lowest BCUT2D eigenvalue weighted by Gasteiger charge is -2.31. The molecular formula is C22H18F3NO3S. The third kappa shape index (κ3) is 3.75. The quantitative estimate of drug-likeness (QED) is 0.566. The van der Waals surface area contributed by atoms with Crippen molar-refractivity contribution in [1.29, 1.82) is 0 Å². The summed E-state index contributed by atoms with van der Waals surface area (Å²) in [4.78, 5) is -0.411. The van der Waals surface area contributed by atoms with E-state index in [1.54, 1.807) is 12.1 Å². The maximum Gasteiger partial charge on any atom is 0.416 e. The Morgan fingerprint density at radius 3 is 2.33 bits per heavy atom. The van der Waals surface area contributed by atoms with Crippen LogP contribution in [0.4, 0.5) is 18.9 Å². The minimum absolute atomic E-state index is 0.00291. The number of hydrogen-bond acceptors (Lipinski definition) is 3. The smallest absolute Gasteiger partial charge is 0.416 e. The number of benzene rings is 3.